The summed E-state index contributed by atoms with van der Waals surface area (Å²) in [6, 6.07) is 2.54. The van der Waals surface area contributed by atoms with E-state index in [2.05, 4.69) is 30.8 Å². The molecule has 1 aliphatic heterocycles. The van der Waals surface area contributed by atoms with E-state index in [1.165, 1.54) is 32.6 Å². The molecule has 3 rings (SSSR count). The van der Waals surface area contributed by atoms with Crippen molar-refractivity contribution in [3.8, 4) is 0 Å². The minimum atomic E-state index is -4.65. The van der Waals surface area contributed by atoms with Gasteiger partial charge in [0.15, 0.2) is 11.5 Å². The van der Waals surface area contributed by atoms with Crippen LogP contribution in [0.3, 0.4) is 0 Å². The maximum absolute atomic E-state index is 14.4. The zero-order valence-corrected chi connectivity index (χ0v) is 18.8. The van der Waals surface area contributed by atoms with Crippen LogP contribution >= 0.6 is 0 Å². The Bertz CT molecular complexity index is 1080. The topological polar surface area (TPSA) is 120 Å². The molecule has 2 aromatic heterocycles. The highest BCUT2D eigenvalue weighted by Crippen LogP contribution is 2.35. The standard InChI is InChI=1S/C21H23F5N8O/c1-12-8-20(22,23)11-34(14(12)10-31-16-5-4-15(32-33-16)21(24,25)26)19(35)17(27)13(9-28-2)18-29-6-3-7-30-18/h3-7,9,12,14,27-28H,8,10-11H2,1-2H3,(H,31,33)/b13-9+,27-17?. The third-order valence-corrected chi connectivity index (χ3v) is 5.37. The molecule has 1 aliphatic rings. The number of hydrogen-bond acceptors (Lipinski definition) is 8. The van der Waals surface area contributed by atoms with Gasteiger partial charge >= 0.3 is 6.18 Å². The first-order chi connectivity index (χ1) is 16.4. The summed E-state index contributed by atoms with van der Waals surface area (Å²) in [5, 5.41) is 20.5. The molecule has 0 radical (unpaired) electrons. The molecule has 2 unspecified atom stereocenters. The molecule has 0 aromatic carbocycles. The second-order valence-corrected chi connectivity index (χ2v) is 8.01. The SMILES string of the molecule is CN/C=C(\C(=N)C(=O)N1CC(F)(F)CC(C)C1CNc1ccc(C(F)(F)F)nn1)c1ncccn1. The van der Waals surface area contributed by atoms with Crippen molar-refractivity contribution in [2.45, 2.75) is 31.5 Å². The minimum absolute atomic E-state index is 0.0139. The highest BCUT2D eigenvalue weighted by molar-refractivity contribution is 6.54. The van der Waals surface area contributed by atoms with Gasteiger partial charge in [-0.2, -0.15) is 13.2 Å². The molecule has 2 atom stereocenters. The fraction of sp³-hybridized carbons (Fsp3) is 0.429. The molecule has 2 aromatic rings. The van der Waals surface area contributed by atoms with E-state index in [1.807, 2.05) is 0 Å². The van der Waals surface area contributed by atoms with Crippen LogP contribution in [0.1, 0.15) is 24.9 Å². The molecule has 1 amide bonds. The molecule has 0 aliphatic carbocycles. The second kappa shape index (κ2) is 10.3. The molecule has 188 valence electrons. The van der Waals surface area contributed by atoms with E-state index in [-0.39, 0.29) is 23.8 Å². The summed E-state index contributed by atoms with van der Waals surface area (Å²) in [5.41, 5.74) is -1.75. The minimum Gasteiger partial charge on any atom is -0.393 e. The first-order valence-corrected chi connectivity index (χ1v) is 10.5. The normalized spacial score (nSPS) is 20.3. The fourth-order valence-corrected chi connectivity index (χ4v) is 3.76. The Balaban J connectivity index is 1.83. The van der Waals surface area contributed by atoms with Gasteiger partial charge < -0.3 is 15.5 Å². The zero-order valence-electron chi connectivity index (χ0n) is 18.8. The molecule has 0 spiro atoms. The molecule has 1 saturated heterocycles. The summed E-state index contributed by atoms with van der Waals surface area (Å²) >= 11 is 0. The van der Waals surface area contributed by atoms with Gasteiger partial charge in [-0.15, -0.1) is 10.2 Å². The summed E-state index contributed by atoms with van der Waals surface area (Å²) < 4.78 is 67.0. The predicted molar refractivity (Wildman–Crippen MR) is 117 cm³/mol. The number of alkyl halides is 5. The zero-order chi connectivity index (χ0) is 25.8. The Kier molecular flexibility index (Phi) is 7.60. The van der Waals surface area contributed by atoms with Gasteiger partial charge in [0.1, 0.15) is 11.5 Å². The molecule has 3 heterocycles. The first-order valence-electron chi connectivity index (χ1n) is 10.5. The summed E-state index contributed by atoms with van der Waals surface area (Å²) in [7, 11) is 1.54. The molecular formula is C21H23F5N8O. The summed E-state index contributed by atoms with van der Waals surface area (Å²) in [5.74, 6) is -4.80. The molecule has 14 heteroatoms. The number of hydrogen-bond donors (Lipinski definition) is 3. The van der Waals surface area contributed by atoms with Crippen LogP contribution in [0.5, 0.6) is 0 Å². The Morgan fingerprint density at radius 1 is 1.26 bits per heavy atom. The van der Waals surface area contributed by atoms with E-state index in [4.69, 9.17) is 5.41 Å². The Hall–Kier alpha value is -3.71. The Morgan fingerprint density at radius 2 is 1.94 bits per heavy atom. The van der Waals surface area contributed by atoms with E-state index in [0.717, 1.165) is 17.0 Å². The molecular weight excluding hydrogens is 475 g/mol. The van der Waals surface area contributed by atoms with Crippen LogP contribution in [-0.2, 0) is 11.0 Å². The van der Waals surface area contributed by atoms with Gasteiger partial charge in [-0.05, 0) is 24.1 Å². The van der Waals surface area contributed by atoms with E-state index in [9.17, 15) is 26.7 Å². The van der Waals surface area contributed by atoms with Gasteiger partial charge in [0.2, 0.25) is 0 Å². The number of aromatic nitrogens is 4. The van der Waals surface area contributed by atoms with Gasteiger partial charge in [0.25, 0.3) is 11.8 Å². The second-order valence-electron chi connectivity index (χ2n) is 8.01. The van der Waals surface area contributed by atoms with E-state index >= 15 is 0 Å². The third kappa shape index (κ3) is 6.25. The highest BCUT2D eigenvalue weighted by Gasteiger charge is 2.47. The maximum atomic E-state index is 14.4. The van der Waals surface area contributed by atoms with Crippen molar-refractivity contribution in [2.75, 3.05) is 25.5 Å². The number of likely N-dealkylation sites (tertiary alicyclic amines) is 1. The lowest BCUT2D eigenvalue weighted by Crippen LogP contribution is -2.58. The largest absolute Gasteiger partial charge is 0.435 e. The van der Waals surface area contributed by atoms with Crippen molar-refractivity contribution in [3.63, 3.8) is 0 Å². The van der Waals surface area contributed by atoms with Gasteiger partial charge in [-0.1, -0.05) is 6.92 Å². The Labute approximate surface area is 197 Å². The fourth-order valence-electron chi connectivity index (χ4n) is 3.76. The highest BCUT2D eigenvalue weighted by atomic mass is 19.4. The number of nitrogens with zero attached hydrogens (tertiary/aromatic N) is 5. The van der Waals surface area contributed by atoms with Crippen molar-refractivity contribution in [1.82, 2.24) is 30.4 Å². The lowest BCUT2D eigenvalue weighted by atomic mass is 9.87. The number of nitrogens with one attached hydrogen (secondary N) is 3. The van der Waals surface area contributed by atoms with Gasteiger partial charge in [-0.3, -0.25) is 10.2 Å². The van der Waals surface area contributed by atoms with Crippen LogP contribution in [0, 0.1) is 11.3 Å². The van der Waals surface area contributed by atoms with Crippen molar-refractivity contribution in [3.05, 3.63) is 48.3 Å². The van der Waals surface area contributed by atoms with Crippen LogP contribution in [0.15, 0.2) is 36.8 Å². The number of rotatable bonds is 7. The summed E-state index contributed by atoms with van der Waals surface area (Å²) in [6.45, 7) is 0.516. The molecule has 0 bridgehead atoms. The number of amides is 1. The van der Waals surface area contributed by atoms with E-state index in [1.54, 1.807) is 6.07 Å². The Morgan fingerprint density at radius 3 is 2.51 bits per heavy atom. The van der Waals surface area contributed by atoms with Gasteiger partial charge in [0.05, 0.1) is 18.2 Å². The lowest BCUT2D eigenvalue weighted by molar-refractivity contribution is -0.145. The smallest absolute Gasteiger partial charge is 0.393 e. The van der Waals surface area contributed by atoms with Crippen LogP contribution < -0.4 is 10.6 Å². The van der Waals surface area contributed by atoms with E-state index < -0.39 is 54.3 Å². The predicted octanol–water partition coefficient (Wildman–Crippen LogP) is 2.85. The first kappa shape index (κ1) is 25.9. The molecule has 3 N–H and O–H groups in total. The lowest BCUT2D eigenvalue weighted by Gasteiger charge is -2.43. The number of halogens is 5. The average Bonchev–Trinajstić information content (AvgIpc) is 2.80. The van der Waals surface area contributed by atoms with Crippen LogP contribution in [0.4, 0.5) is 27.8 Å². The number of anilines is 1. The molecule has 1 fully saturated rings. The van der Waals surface area contributed by atoms with Gasteiger partial charge in [0, 0.05) is 38.6 Å². The average molecular weight is 498 g/mol. The molecule has 9 nitrogen and oxygen atoms in total. The monoisotopic (exact) mass is 498 g/mol. The molecule has 0 saturated carbocycles. The van der Waals surface area contributed by atoms with Crippen LogP contribution in [-0.4, -0.2) is 68.8 Å². The number of carbonyl (C=O) groups is 1. The van der Waals surface area contributed by atoms with Crippen LogP contribution in [0.25, 0.3) is 5.57 Å². The van der Waals surface area contributed by atoms with Crippen molar-refractivity contribution in [1.29, 1.82) is 5.41 Å². The number of piperidine rings is 1. The van der Waals surface area contributed by atoms with Crippen LogP contribution in [0.2, 0.25) is 0 Å². The van der Waals surface area contributed by atoms with Crippen molar-refractivity contribution >= 4 is 23.0 Å². The van der Waals surface area contributed by atoms with E-state index in [0.29, 0.717) is 0 Å². The van der Waals surface area contributed by atoms with Crippen molar-refractivity contribution in [2.24, 2.45) is 5.92 Å². The quantitative estimate of drug-likeness (QED) is 0.397. The summed E-state index contributed by atoms with van der Waals surface area (Å²) in [4.78, 5) is 22.2. The molecule has 35 heavy (non-hydrogen) atoms. The number of carbonyl (C=O) groups excluding carboxylic acids is 1. The maximum Gasteiger partial charge on any atom is 0.435 e. The third-order valence-electron chi connectivity index (χ3n) is 5.37. The van der Waals surface area contributed by atoms with Gasteiger partial charge in [-0.25, -0.2) is 18.7 Å². The van der Waals surface area contributed by atoms with Crippen molar-refractivity contribution < 1.29 is 26.7 Å². The summed E-state index contributed by atoms with van der Waals surface area (Å²) in [6.07, 6.45) is -1.00.